The third-order valence-electron chi connectivity index (χ3n) is 5.35. The van der Waals surface area contributed by atoms with E-state index < -0.39 is 40.3 Å². The molecule has 0 saturated carbocycles. The van der Waals surface area contributed by atoms with E-state index in [0.717, 1.165) is 34.9 Å². The molecule has 9 heteroatoms. The fourth-order valence-corrected chi connectivity index (χ4v) is 5.11. The van der Waals surface area contributed by atoms with Crippen LogP contribution in [-0.2, 0) is 21.0 Å². The maximum Gasteiger partial charge on any atom is 0.416 e. The molecule has 0 aromatic heterocycles. The second kappa shape index (κ2) is 9.89. The van der Waals surface area contributed by atoms with Crippen molar-refractivity contribution in [1.82, 2.24) is 5.32 Å². The highest BCUT2D eigenvalue weighted by Crippen LogP contribution is 2.33. The number of sulfonamides is 1. The number of benzene rings is 3. The van der Waals surface area contributed by atoms with Crippen LogP contribution in [-0.4, -0.2) is 20.9 Å². The molecule has 0 aliphatic carbocycles. The summed E-state index contributed by atoms with van der Waals surface area (Å²) in [6.45, 7) is 4.92. The quantitative estimate of drug-likeness (QED) is 0.483. The van der Waals surface area contributed by atoms with Crippen LogP contribution >= 0.6 is 0 Å². The Bertz CT molecular complexity index is 1280. The van der Waals surface area contributed by atoms with Gasteiger partial charge in [-0.1, -0.05) is 48.0 Å². The van der Waals surface area contributed by atoms with Gasteiger partial charge in [0, 0.05) is 0 Å². The number of halogens is 3. The van der Waals surface area contributed by atoms with Crippen molar-refractivity contribution in [3.63, 3.8) is 0 Å². The van der Waals surface area contributed by atoms with Crippen molar-refractivity contribution >= 4 is 21.6 Å². The smallest absolute Gasteiger partial charge is 0.348 e. The Morgan fingerprint density at radius 3 is 2.26 bits per heavy atom. The third kappa shape index (κ3) is 5.77. The number of aryl methyl sites for hydroxylation is 2. The summed E-state index contributed by atoms with van der Waals surface area (Å²) in [5.41, 5.74) is 1.61. The van der Waals surface area contributed by atoms with Crippen LogP contribution in [0.15, 0.2) is 77.7 Å². The maximum atomic E-state index is 13.3. The Hall–Kier alpha value is -3.33. The summed E-state index contributed by atoms with van der Waals surface area (Å²) in [6, 6.07) is 16.5. The molecule has 0 aliphatic heterocycles. The van der Waals surface area contributed by atoms with Crippen LogP contribution in [0.3, 0.4) is 0 Å². The number of nitrogens with zero attached hydrogens (tertiary/aromatic N) is 1. The lowest BCUT2D eigenvalue weighted by Gasteiger charge is -2.26. The first-order chi connectivity index (χ1) is 15.9. The van der Waals surface area contributed by atoms with Crippen LogP contribution in [0, 0.1) is 13.8 Å². The minimum absolute atomic E-state index is 0.136. The number of nitrogens with one attached hydrogen (secondary N) is 1. The van der Waals surface area contributed by atoms with Gasteiger partial charge in [0.25, 0.3) is 10.0 Å². The van der Waals surface area contributed by atoms with Crippen molar-refractivity contribution in [2.45, 2.75) is 37.9 Å². The molecular formula is C25H25F3N2O3S. The number of amides is 1. The van der Waals surface area contributed by atoms with Crippen molar-refractivity contribution in [3.8, 4) is 0 Å². The molecule has 0 spiro atoms. The largest absolute Gasteiger partial charge is 0.416 e. The highest BCUT2D eigenvalue weighted by Gasteiger charge is 2.33. The van der Waals surface area contributed by atoms with Crippen molar-refractivity contribution < 1.29 is 26.4 Å². The Balaban J connectivity index is 1.95. The third-order valence-corrected chi connectivity index (χ3v) is 7.14. The Labute approximate surface area is 197 Å². The van der Waals surface area contributed by atoms with Crippen molar-refractivity contribution in [1.29, 1.82) is 0 Å². The molecule has 180 valence electrons. The number of hydrogen-bond acceptors (Lipinski definition) is 3. The molecule has 1 amide bonds. The molecule has 5 nitrogen and oxygen atoms in total. The van der Waals surface area contributed by atoms with Gasteiger partial charge in [-0.3, -0.25) is 9.10 Å². The molecular weight excluding hydrogens is 465 g/mol. The van der Waals surface area contributed by atoms with Crippen LogP contribution in [0.25, 0.3) is 0 Å². The molecule has 0 saturated heterocycles. The molecule has 3 aromatic rings. The molecule has 34 heavy (non-hydrogen) atoms. The molecule has 3 rings (SSSR count). The van der Waals surface area contributed by atoms with Gasteiger partial charge in [-0.05, 0) is 62.2 Å². The van der Waals surface area contributed by atoms with Crippen molar-refractivity contribution in [3.05, 3.63) is 95.1 Å². The lowest BCUT2D eigenvalue weighted by Crippen LogP contribution is -2.41. The second-order valence-electron chi connectivity index (χ2n) is 8.02. The second-order valence-corrected chi connectivity index (χ2v) is 9.88. The monoisotopic (exact) mass is 490 g/mol. The number of anilines is 1. The van der Waals surface area contributed by atoms with Gasteiger partial charge in [-0.15, -0.1) is 0 Å². The van der Waals surface area contributed by atoms with Crippen LogP contribution in [0.2, 0.25) is 0 Å². The van der Waals surface area contributed by atoms with Gasteiger partial charge < -0.3 is 5.32 Å². The van der Waals surface area contributed by atoms with E-state index in [4.69, 9.17) is 0 Å². The molecule has 0 heterocycles. The molecule has 0 radical (unpaired) electrons. The zero-order valence-electron chi connectivity index (χ0n) is 18.9. The van der Waals surface area contributed by atoms with E-state index in [1.165, 1.54) is 30.3 Å². The summed E-state index contributed by atoms with van der Waals surface area (Å²) in [4.78, 5) is 12.8. The number of rotatable bonds is 7. The van der Waals surface area contributed by atoms with Crippen molar-refractivity contribution in [2.24, 2.45) is 0 Å². The lowest BCUT2D eigenvalue weighted by molar-refractivity contribution is -0.137. The van der Waals surface area contributed by atoms with Gasteiger partial charge in [-0.25, -0.2) is 8.42 Å². The van der Waals surface area contributed by atoms with E-state index in [-0.39, 0.29) is 10.6 Å². The van der Waals surface area contributed by atoms with Crippen LogP contribution < -0.4 is 9.62 Å². The minimum Gasteiger partial charge on any atom is -0.348 e. The summed E-state index contributed by atoms with van der Waals surface area (Å²) in [5.74, 6) is -0.649. The van der Waals surface area contributed by atoms with Gasteiger partial charge in [-0.2, -0.15) is 13.2 Å². The van der Waals surface area contributed by atoms with Crippen LogP contribution in [0.1, 0.15) is 35.2 Å². The predicted octanol–water partition coefficient (Wildman–Crippen LogP) is 5.39. The average Bonchev–Trinajstić information content (AvgIpc) is 2.77. The Morgan fingerprint density at radius 1 is 0.971 bits per heavy atom. The van der Waals surface area contributed by atoms with E-state index in [2.05, 4.69) is 5.32 Å². The number of carbonyl (C=O) groups excluding carboxylic acids is 1. The fraction of sp³-hybridized carbons (Fsp3) is 0.240. The van der Waals surface area contributed by atoms with Crippen molar-refractivity contribution in [2.75, 3.05) is 10.8 Å². The lowest BCUT2D eigenvalue weighted by atomic mass is 10.0. The van der Waals surface area contributed by atoms with E-state index >= 15 is 0 Å². The first-order valence-electron chi connectivity index (χ1n) is 10.5. The van der Waals surface area contributed by atoms with E-state index in [1.807, 2.05) is 32.0 Å². The van der Waals surface area contributed by atoms with Gasteiger partial charge >= 0.3 is 6.18 Å². The van der Waals surface area contributed by atoms with Gasteiger partial charge in [0.1, 0.15) is 6.54 Å². The summed E-state index contributed by atoms with van der Waals surface area (Å²) >= 11 is 0. The van der Waals surface area contributed by atoms with E-state index in [0.29, 0.717) is 4.31 Å². The molecule has 3 aromatic carbocycles. The molecule has 0 bridgehead atoms. The van der Waals surface area contributed by atoms with Crippen LogP contribution in [0.4, 0.5) is 18.9 Å². The van der Waals surface area contributed by atoms with Gasteiger partial charge in [0.2, 0.25) is 5.91 Å². The number of alkyl halides is 3. The minimum atomic E-state index is -4.67. The molecule has 1 N–H and O–H groups in total. The highest BCUT2D eigenvalue weighted by atomic mass is 32.2. The summed E-state index contributed by atoms with van der Waals surface area (Å²) < 4.78 is 67.3. The Kier molecular flexibility index (Phi) is 7.35. The zero-order chi connectivity index (χ0) is 25.1. The molecule has 1 unspecified atom stereocenters. The predicted molar refractivity (Wildman–Crippen MR) is 125 cm³/mol. The SMILES string of the molecule is Cc1ccc(C(C)NC(=O)CN(c2cccc(C(F)(F)F)c2)S(=O)(=O)c2ccccc2)c(C)c1. The van der Waals surface area contributed by atoms with Gasteiger partial charge in [0.05, 0.1) is 22.2 Å². The first kappa shape index (κ1) is 25.3. The zero-order valence-corrected chi connectivity index (χ0v) is 19.7. The summed E-state index contributed by atoms with van der Waals surface area (Å²) in [7, 11) is -4.32. The average molecular weight is 491 g/mol. The Morgan fingerprint density at radius 2 is 1.65 bits per heavy atom. The standard InChI is InChI=1S/C25H25F3N2O3S/c1-17-12-13-23(18(2)14-17)19(3)29-24(31)16-30(34(32,33)22-10-5-4-6-11-22)21-9-7-8-20(15-21)25(26,27)28/h4-15,19H,16H2,1-3H3,(H,29,31). The van der Waals surface area contributed by atoms with Gasteiger partial charge in [0.15, 0.2) is 0 Å². The summed E-state index contributed by atoms with van der Waals surface area (Å²) in [5, 5.41) is 2.76. The number of hydrogen-bond donors (Lipinski definition) is 1. The number of carbonyl (C=O) groups is 1. The van der Waals surface area contributed by atoms with E-state index in [1.54, 1.807) is 13.0 Å². The summed E-state index contributed by atoms with van der Waals surface area (Å²) in [6.07, 6.45) is -4.67. The molecule has 0 fully saturated rings. The van der Waals surface area contributed by atoms with Crippen LogP contribution in [0.5, 0.6) is 0 Å². The topological polar surface area (TPSA) is 66.5 Å². The normalized spacial score (nSPS) is 12.8. The fourth-order valence-electron chi connectivity index (χ4n) is 3.68. The first-order valence-corrected chi connectivity index (χ1v) is 11.9. The molecule has 0 aliphatic rings. The van der Waals surface area contributed by atoms with E-state index in [9.17, 15) is 26.4 Å². The molecule has 1 atom stereocenters. The maximum absolute atomic E-state index is 13.3. The highest BCUT2D eigenvalue weighted by molar-refractivity contribution is 7.92.